The predicted octanol–water partition coefficient (Wildman–Crippen LogP) is 3.27. The second kappa shape index (κ2) is 5.51. The molecule has 0 radical (unpaired) electrons. The maximum atomic E-state index is 12.3. The first-order chi connectivity index (χ1) is 9.95. The maximum absolute atomic E-state index is 12.3. The van der Waals surface area contributed by atoms with Gasteiger partial charge in [0, 0.05) is 18.0 Å². The zero-order chi connectivity index (χ0) is 15.1. The fourth-order valence-electron chi connectivity index (χ4n) is 2.04. The molecule has 0 amide bonds. The number of hydrogen-bond donors (Lipinski definition) is 0. The van der Waals surface area contributed by atoms with Gasteiger partial charge < -0.3 is 4.57 Å². The van der Waals surface area contributed by atoms with E-state index in [4.69, 9.17) is 0 Å². The van der Waals surface area contributed by atoms with Crippen LogP contribution in [0.4, 0.5) is 0 Å². The molecule has 0 unspecified atom stereocenters. The molecule has 0 aliphatic rings. The van der Waals surface area contributed by atoms with Crippen molar-refractivity contribution in [2.45, 2.75) is 13.5 Å². The Morgan fingerprint density at radius 2 is 2.10 bits per heavy atom. The Morgan fingerprint density at radius 1 is 1.33 bits per heavy atom. The summed E-state index contributed by atoms with van der Waals surface area (Å²) < 4.78 is 4.55. The van der Waals surface area contributed by atoms with E-state index in [1.54, 1.807) is 24.5 Å². The van der Waals surface area contributed by atoms with Gasteiger partial charge >= 0.3 is 0 Å². The lowest BCUT2D eigenvalue weighted by Crippen LogP contribution is -2.25. The zero-order valence-electron chi connectivity index (χ0n) is 10.8. The largest absolute Gasteiger partial charge is 0.304 e. The molecule has 0 saturated carbocycles. The van der Waals surface area contributed by atoms with Crippen molar-refractivity contribution < 1.29 is 4.79 Å². The van der Waals surface area contributed by atoms with E-state index in [0.29, 0.717) is 11.1 Å². The Hall–Kier alpha value is -1.25. The van der Waals surface area contributed by atoms with Crippen molar-refractivity contribution >= 4 is 54.5 Å². The van der Waals surface area contributed by atoms with Gasteiger partial charge in [-0.2, -0.15) is 5.10 Å². The molecule has 0 saturated heterocycles. The molecule has 0 fully saturated rings. The number of aromatic nitrogens is 3. The number of fused-ring (bicyclic) bond motifs is 1. The minimum Gasteiger partial charge on any atom is -0.304 e. The molecule has 108 valence electrons. The van der Waals surface area contributed by atoms with Crippen molar-refractivity contribution in [3.63, 3.8) is 0 Å². The molecular weight excluding hydrogens is 422 g/mol. The molecule has 3 rings (SSSR count). The lowest BCUT2D eigenvalue weighted by atomic mass is 10.2. The average molecular weight is 431 g/mol. The first kappa shape index (κ1) is 14.7. The van der Waals surface area contributed by atoms with Gasteiger partial charge in [0.25, 0.3) is 5.56 Å². The third-order valence-electron chi connectivity index (χ3n) is 3.00. The van der Waals surface area contributed by atoms with E-state index in [0.717, 1.165) is 13.3 Å². The molecule has 0 aromatic carbocycles. The summed E-state index contributed by atoms with van der Waals surface area (Å²) in [6.45, 7) is 1.82. The van der Waals surface area contributed by atoms with Gasteiger partial charge in [0.1, 0.15) is 5.52 Å². The van der Waals surface area contributed by atoms with E-state index >= 15 is 0 Å². The fraction of sp³-hybridized carbons (Fsp3) is 0.154. The first-order valence-corrected chi connectivity index (χ1v) is 8.39. The highest BCUT2D eigenvalue weighted by Crippen LogP contribution is 2.32. The smallest absolute Gasteiger partial charge is 0.276 e. The standard InChI is InChI=1S/C13H9Br2N3O2S/c1-7-4-9-13(20)17(2-3-18(9)16-7)6-10(19)8-5-11(14)21-12(8)15/h2-5H,6H2,1H3. The number of nitrogens with zero attached hydrogens (tertiary/aromatic N) is 3. The minimum atomic E-state index is -0.225. The molecular formula is C13H9Br2N3O2S. The topological polar surface area (TPSA) is 56.4 Å². The molecule has 3 aromatic rings. The SMILES string of the molecule is Cc1cc2c(=O)n(CC(=O)c3cc(Br)sc3Br)ccn2n1. The summed E-state index contributed by atoms with van der Waals surface area (Å²) >= 11 is 8.13. The number of hydrogen-bond acceptors (Lipinski definition) is 4. The molecule has 0 atom stereocenters. The molecule has 0 bridgehead atoms. The minimum absolute atomic E-state index is 0.00132. The number of rotatable bonds is 3. The van der Waals surface area contributed by atoms with Crippen LogP contribution in [0.2, 0.25) is 0 Å². The first-order valence-electron chi connectivity index (χ1n) is 5.99. The van der Waals surface area contributed by atoms with Gasteiger partial charge in [0.05, 0.1) is 19.8 Å². The summed E-state index contributed by atoms with van der Waals surface area (Å²) in [6, 6.07) is 3.46. The van der Waals surface area contributed by atoms with E-state index in [9.17, 15) is 9.59 Å². The van der Waals surface area contributed by atoms with Crippen LogP contribution >= 0.6 is 43.2 Å². The van der Waals surface area contributed by atoms with Gasteiger partial charge in [0.2, 0.25) is 0 Å². The van der Waals surface area contributed by atoms with Crippen molar-refractivity contribution in [3.05, 3.63) is 53.7 Å². The molecule has 21 heavy (non-hydrogen) atoms. The fourth-order valence-corrected chi connectivity index (χ4v) is 4.90. The summed E-state index contributed by atoms with van der Waals surface area (Å²) in [4.78, 5) is 24.6. The van der Waals surface area contributed by atoms with Gasteiger partial charge in [-0.1, -0.05) is 0 Å². The molecule has 8 heteroatoms. The van der Waals surface area contributed by atoms with E-state index in [2.05, 4.69) is 37.0 Å². The normalized spacial score (nSPS) is 11.2. The summed E-state index contributed by atoms with van der Waals surface area (Å²) in [5, 5.41) is 4.18. The van der Waals surface area contributed by atoms with Gasteiger partial charge in [-0.3, -0.25) is 9.59 Å². The Labute approximate surface area is 140 Å². The van der Waals surface area contributed by atoms with E-state index in [-0.39, 0.29) is 17.9 Å². The zero-order valence-corrected chi connectivity index (χ0v) is 14.8. The third-order valence-corrected chi connectivity index (χ3v) is 5.34. The molecule has 0 aliphatic heterocycles. The van der Waals surface area contributed by atoms with Crippen LogP contribution in [0.15, 0.2) is 36.9 Å². The second-order valence-corrected chi connectivity index (χ2v) is 8.26. The Balaban J connectivity index is 1.98. The number of Topliss-reactive ketones (excluding diaryl/α,β-unsaturated/α-hetero) is 1. The van der Waals surface area contributed by atoms with Gasteiger partial charge in [-0.25, -0.2) is 4.52 Å². The number of carbonyl (C=O) groups is 1. The Kier molecular flexibility index (Phi) is 3.85. The lowest BCUT2D eigenvalue weighted by Gasteiger charge is -2.04. The molecule has 0 spiro atoms. The number of carbonyl (C=O) groups excluding carboxylic acids is 1. The highest BCUT2D eigenvalue weighted by atomic mass is 79.9. The van der Waals surface area contributed by atoms with Crippen LogP contribution in [0.5, 0.6) is 0 Å². The number of thiophene rings is 1. The molecule has 5 nitrogen and oxygen atoms in total. The van der Waals surface area contributed by atoms with Crippen LogP contribution in [-0.2, 0) is 6.54 Å². The number of ketones is 1. The van der Waals surface area contributed by atoms with Gasteiger partial charge in [-0.05, 0) is 50.9 Å². The average Bonchev–Trinajstić information content (AvgIpc) is 2.95. The molecule has 3 aromatic heterocycles. The van der Waals surface area contributed by atoms with Crippen molar-refractivity contribution in [2.24, 2.45) is 0 Å². The van der Waals surface area contributed by atoms with Crippen molar-refractivity contribution in [2.75, 3.05) is 0 Å². The van der Waals surface area contributed by atoms with Crippen LogP contribution in [0.3, 0.4) is 0 Å². The Bertz CT molecular complexity index is 910. The van der Waals surface area contributed by atoms with Crippen LogP contribution in [-0.4, -0.2) is 20.0 Å². The highest BCUT2D eigenvalue weighted by Gasteiger charge is 2.15. The van der Waals surface area contributed by atoms with Crippen LogP contribution < -0.4 is 5.56 Å². The van der Waals surface area contributed by atoms with Crippen LogP contribution in [0.25, 0.3) is 5.52 Å². The summed E-state index contributed by atoms with van der Waals surface area (Å²) in [5.74, 6) is -0.119. The highest BCUT2D eigenvalue weighted by molar-refractivity contribution is 9.12. The van der Waals surface area contributed by atoms with E-state index in [1.807, 2.05) is 6.92 Å². The quantitative estimate of drug-likeness (QED) is 0.599. The third kappa shape index (κ3) is 2.75. The monoisotopic (exact) mass is 429 g/mol. The number of aryl methyl sites for hydroxylation is 1. The maximum Gasteiger partial charge on any atom is 0.276 e. The van der Waals surface area contributed by atoms with Gasteiger partial charge in [0.15, 0.2) is 5.78 Å². The van der Waals surface area contributed by atoms with Crippen molar-refractivity contribution in [1.82, 2.24) is 14.2 Å². The number of halogens is 2. The summed E-state index contributed by atoms with van der Waals surface area (Å²) in [6.07, 6.45) is 3.25. The molecule has 0 aliphatic carbocycles. The summed E-state index contributed by atoms with van der Waals surface area (Å²) in [7, 11) is 0. The van der Waals surface area contributed by atoms with Crippen LogP contribution in [0, 0.1) is 6.92 Å². The van der Waals surface area contributed by atoms with Crippen molar-refractivity contribution in [1.29, 1.82) is 0 Å². The predicted molar refractivity (Wildman–Crippen MR) is 88.2 cm³/mol. The molecule has 3 heterocycles. The Morgan fingerprint density at radius 3 is 2.76 bits per heavy atom. The van der Waals surface area contributed by atoms with Gasteiger partial charge in [-0.15, -0.1) is 11.3 Å². The second-order valence-electron chi connectivity index (χ2n) is 4.51. The molecule has 0 N–H and O–H groups in total. The van der Waals surface area contributed by atoms with Crippen LogP contribution in [0.1, 0.15) is 16.1 Å². The van der Waals surface area contributed by atoms with E-state index < -0.39 is 0 Å². The van der Waals surface area contributed by atoms with Crippen molar-refractivity contribution in [3.8, 4) is 0 Å². The summed E-state index contributed by atoms with van der Waals surface area (Å²) in [5.41, 5.74) is 1.58. The van der Waals surface area contributed by atoms with E-state index in [1.165, 1.54) is 20.4 Å². The lowest BCUT2D eigenvalue weighted by molar-refractivity contribution is 0.0970.